The summed E-state index contributed by atoms with van der Waals surface area (Å²) in [6, 6.07) is 6.70. The summed E-state index contributed by atoms with van der Waals surface area (Å²) < 4.78 is 54.1. The second-order valence-electron chi connectivity index (χ2n) is 5.83. The van der Waals surface area contributed by atoms with E-state index in [4.69, 9.17) is 0 Å². The number of ether oxygens (including phenoxy) is 1. The minimum absolute atomic E-state index is 0.339. The van der Waals surface area contributed by atoms with Gasteiger partial charge in [-0.25, -0.2) is 4.39 Å². The molecule has 4 nitrogen and oxygen atoms in total. The van der Waals surface area contributed by atoms with Crippen LogP contribution in [0, 0.1) is 5.82 Å². The zero-order valence-electron chi connectivity index (χ0n) is 13.1. The molecular formula is C17H16F4N2O2. The highest BCUT2D eigenvalue weighted by Crippen LogP contribution is 2.30. The molecule has 1 aromatic heterocycles. The van der Waals surface area contributed by atoms with Crippen LogP contribution < -0.4 is 9.64 Å². The predicted molar refractivity (Wildman–Crippen MR) is 83.8 cm³/mol. The molecule has 1 unspecified atom stereocenters. The normalized spacial score (nSPS) is 18.3. The molecule has 0 bridgehead atoms. The highest BCUT2D eigenvalue weighted by atomic mass is 19.4. The number of aliphatic hydroxyl groups is 1. The van der Waals surface area contributed by atoms with Crippen molar-refractivity contribution in [3.63, 3.8) is 0 Å². The SMILES string of the molecule is OC1CCCN(c2ccnc(-c3ccc(OC(F)(F)F)c(F)c3)c2)C1. The maximum absolute atomic E-state index is 13.9. The molecule has 1 aromatic carbocycles. The number of β-amino-alcohol motifs (C(OH)–C–C–N with tert-alkyl or cyclic N) is 1. The van der Waals surface area contributed by atoms with E-state index >= 15 is 0 Å². The lowest BCUT2D eigenvalue weighted by Crippen LogP contribution is -2.38. The summed E-state index contributed by atoms with van der Waals surface area (Å²) in [6.45, 7) is 1.28. The molecule has 1 aliphatic heterocycles. The van der Waals surface area contributed by atoms with Gasteiger partial charge in [-0.3, -0.25) is 4.98 Å². The number of alkyl halides is 3. The van der Waals surface area contributed by atoms with Gasteiger partial charge < -0.3 is 14.7 Å². The fourth-order valence-electron chi connectivity index (χ4n) is 2.83. The van der Waals surface area contributed by atoms with Crippen molar-refractivity contribution < 1.29 is 27.4 Å². The Hall–Kier alpha value is -2.35. The van der Waals surface area contributed by atoms with E-state index in [0.29, 0.717) is 17.8 Å². The predicted octanol–water partition coefficient (Wildman–Crippen LogP) is 3.75. The second-order valence-corrected chi connectivity index (χ2v) is 5.83. The lowest BCUT2D eigenvalue weighted by Gasteiger charge is -2.32. The Labute approximate surface area is 141 Å². The lowest BCUT2D eigenvalue weighted by molar-refractivity contribution is -0.275. The Balaban J connectivity index is 1.84. The number of piperidine rings is 1. The first-order valence-corrected chi connectivity index (χ1v) is 7.76. The Morgan fingerprint density at radius 3 is 2.68 bits per heavy atom. The third kappa shape index (κ3) is 4.39. The molecule has 0 spiro atoms. The van der Waals surface area contributed by atoms with Crippen LogP contribution in [-0.4, -0.2) is 35.6 Å². The smallest absolute Gasteiger partial charge is 0.403 e. The molecule has 25 heavy (non-hydrogen) atoms. The van der Waals surface area contributed by atoms with Gasteiger partial charge in [-0.15, -0.1) is 13.2 Å². The molecule has 2 heterocycles. The van der Waals surface area contributed by atoms with Crippen LogP contribution in [0.1, 0.15) is 12.8 Å². The van der Waals surface area contributed by atoms with Crippen molar-refractivity contribution in [2.45, 2.75) is 25.3 Å². The summed E-state index contributed by atoms with van der Waals surface area (Å²) in [4.78, 5) is 6.15. The van der Waals surface area contributed by atoms with E-state index in [0.717, 1.165) is 37.2 Å². The molecule has 1 atom stereocenters. The van der Waals surface area contributed by atoms with Gasteiger partial charge in [0.2, 0.25) is 0 Å². The molecule has 0 amide bonds. The highest BCUT2D eigenvalue weighted by Gasteiger charge is 2.32. The van der Waals surface area contributed by atoms with Crippen LogP contribution in [0.25, 0.3) is 11.3 Å². The topological polar surface area (TPSA) is 45.6 Å². The van der Waals surface area contributed by atoms with Crippen molar-refractivity contribution in [1.82, 2.24) is 4.98 Å². The van der Waals surface area contributed by atoms with Crippen molar-refractivity contribution in [3.05, 3.63) is 42.3 Å². The third-order valence-electron chi connectivity index (χ3n) is 3.96. The number of rotatable bonds is 3. The van der Waals surface area contributed by atoms with Crippen LogP contribution in [-0.2, 0) is 0 Å². The number of nitrogens with zero attached hydrogens (tertiary/aromatic N) is 2. The fourth-order valence-corrected chi connectivity index (χ4v) is 2.83. The zero-order chi connectivity index (χ0) is 18.0. The van der Waals surface area contributed by atoms with Gasteiger partial charge >= 0.3 is 6.36 Å². The Bertz CT molecular complexity index is 752. The molecule has 0 aliphatic carbocycles. The zero-order valence-corrected chi connectivity index (χ0v) is 13.1. The van der Waals surface area contributed by atoms with Crippen molar-refractivity contribution in [2.24, 2.45) is 0 Å². The van der Waals surface area contributed by atoms with E-state index in [1.54, 1.807) is 18.3 Å². The van der Waals surface area contributed by atoms with Crippen LogP contribution in [0.3, 0.4) is 0 Å². The van der Waals surface area contributed by atoms with Crippen LogP contribution in [0.5, 0.6) is 5.75 Å². The van der Waals surface area contributed by atoms with Gasteiger partial charge in [0.15, 0.2) is 11.6 Å². The van der Waals surface area contributed by atoms with Gasteiger partial charge in [-0.2, -0.15) is 0 Å². The van der Waals surface area contributed by atoms with Gasteiger partial charge in [0.25, 0.3) is 0 Å². The average molecular weight is 356 g/mol. The molecule has 0 saturated carbocycles. The minimum atomic E-state index is -4.95. The first kappa shape index (κ1) is 17.5. The number of halogens is 4. The Morgan fingerprint density at radius 1 is 1.20 bits per heavy atom. The lowest BCUT2D eigenvalue weighted by atomic mass is 10.1. The quantitative estimate of drug-likeness (QED) is 0.851. The molecule has 1 fully saturated rings. The number of benzene rings is 1. The maximum Gasteiger partial charge on any atom is 0.573 e. The summed E-state index contributed by atoms with van der Waals surface area (Å²) in [5.41, 5.74) is 1.58. The Kier molecular flexibility index (Phi) is 4.80. The molecule has 1 N–H and O–H groups in total. The van der Waals surface area contributed by atoms with Gasteiger partial charge in [0, 0.05) is 30.5 Å². The molecule has 134 valence electrons. The number of anilines is 1. The molecule has 1 saturated heterocycles. The molecular weight excluding hydrogens is 340 g/mol. The van der Waals surface area contributed by atoms with Gasteiger partial charge in [-0.05, 0) is 43.2 Å². The number of aliphatic hydroxyl groups excluding tert-OH is 1. The third-order valence-corrected chi connectivity index (χ3v) is 3.96. The van der Waals surface area contributed by atoms with Gasteiger partial charge in [-0.1, -0.05) is 0 Å². The second kappa shape index (κ2) is 6.87. The minimum Gasteiger partial charge on any atom is -0.403 e. The van der Waals surface area contributed by atoms with Crippen molar-refractivity contribution in [1.29, 1.82) is 0 Å². The van der Waals surface area contributed by atoms with E-state index < -0.39 is 24.0 Å². The molecule has 0 radical (unpaired) electrons. The summed E-state index contributed by atoms with van der Waals surface area (Å²) >= 11 is 0. The van der Waals surface area contributed by atoms with E-state index in [1.807, 2.05) is 4.90 Å². The first-order chi connectivity index (χ1) is 11.8. The van der Waals surface area contributed by atoms with Gasteiger partial charge in [0.05, 0.1) is 11.8 Å². The van der Waals surface area contributed by atoms with E-state index in [9.17, 15) is 22.7 Å². The fraction of sp³-hybridized carbons (Fsp3) is 0.353. The van der Waals surface area contributed by atoms with E-state index in [2.05, 4.69) is 9.72 Å². The molecule has 2 aromatic rings. The van der Waals surface area contributed by atoms with Crippen molar-refractivity contribution in [2.75, 3.05) is 18.0 Å². The maximum atomic E-state index is 13.9. The summed E-state index contributed by atoms with van der Waals surface area (Å²) in [7, 11) is 0. The van der Waals surface area contributed by atoms with Crippen LogP contribution >= 0.6 is 0 Å². The number of hydrogen-bond acceptors (Lipinski definition) is 4. The average Bonchev–Trinajstić information content (AvgIpc) is 2.56. The van der Waals surface area contributed by atoms with Crippen LogP contribution in [0.2, 0.25) is 0 Å². The standard InChI is InChI=1S/C17H16F4N2O2/c18-14-8-11(3-4-16(14)25-17(19,20)21)15-9-12(5-6-22-15)23-7-1-2-13(24)10-23/h3-6,8-9,13,24H,1-2,7,10H2. The van der Waals surface area contributed by atoms with Crippen molar-refractivity contribution >= 4 is 5.69 Å². The molecule has 3 rings (SSSR count). The number of hydrogen-bond donors (Lipinski definition) is 1. The summed E-state index contributed by atoms with van der Waals surface area (Å²) in [5.74, 6) is -2.00. The molecule has 1 aliphatic rings. The van der Waals surface area contributed by atoms with Crippen LogP contribution in [0.15, 0.2) is 36.5 Å². The van der Waals surface area contributed by atoms with Crippen LogP contribution in [0.4, 0.5) is 23.2 Å². The van der Waals surface area contributed by atoms with E-state index in [-0.39, 0.29) is 0 Å². The largest absolute Gasteiger partial charge is 0.573 e. The summed E-state index contributed by atoms with van der Waals surface area (Å²) in [5, 5.41) is 9.77. The highest BCUT2D eigenvalue weighted by molar-refractivity contribution is 5.65. The first-order valence-electron chi connectivity index (χ1n) is 7.76. The number of pyridine rings is 1. The summed E-state index contributed by atoms with van der Waals surface area (Å²) in [6.07, 6.45) is -2.20. The van der Waals surface area contributed by atoms with Gasteiger partial charge in [0.1, 0.15) is 0 Å². The van der Waals surface area contributed by atoms with Crippen molar-refractivity contribution in [3.8, 4) is 17.0 Å². The number of aromatic nitrogens is 1. The van der Waals surface area contributed by atoms with E-state index in [1.165, 1.54) is 6.07 Å². The monoisotopic (exact) mass is 356 g/mol. The Morgan fingerprint density at radius 2 is 2.00 bits per heavy atom. The molecule has 8 heteroatoms.